The number of sulfonamides is 1. The van der Waals surface area contributed by atoms with Gasteiger partial charge in [-0.3, -0.25) is 4.68 Å². The zero-order valence-corrected chi connectivity index (χ0v) is 12.3. The highest BCUT2D eigenvalue weighted by atomic mass is 32.2. The highest BCUT2D eigenvalue weighted by Gasteiger charge is 2.36. The number of nitrogens with zero attached hydrogens (tertiary/aromatic N) is 3. The molecule has 2 heterocycles. The van der Waals surface area contributed by atoms with E-state index in [-0.39, 0.29) is 16.8 Å². The smallest absolute Gasteiger partial charge is 0.249 e. The summed E-state index contributed by atoms with van der Waals surface area (Å²) in [7, 11) is -1.94. The van der Waals surface area contributed by atoms with Gasteiger partial charge >= 0.3 is 0 Å². The molecule has 0 radical (unpaired) electrons. The number of nitrogen functional groups attached to an aromatic ring is 1. The van der Waals surface area contributed by atoms with E-state index >= 15 is 0 Å². The van der Waals surface area contributed by atoms with Crippen LogP contribution in [0, 0.1) is 6.92 Å². The number of hydrogen-bond acceptors (Lipinski definition) is 5. The van der Waals surface area contributed by atoms with Crippen LogP contribution in [0.3, 0.4) is 0 Å². The second kappa shape index (κ2) is 5.10. The van der Waals surface area contributed by atoms with E-state index in [1.807, 2.05) is 6.92 Å². The number of anilines is 1. The molecule has 19 heavy (non-hydrogen) atoms. The summed E-state index contributed by atoms with van der Waals surface area (Å²) >= 11 is 0. The summed E-state index contributed by atoms with van der Waals surface area (Å²) in [6.45, 7) is 4.84. The second-order valence-corrected chi connectivity index (χ2v) is 6.50. The Balaban J connectivity index is 2.46. The first-order chi connectivity index (χ1) is 8.89. The lowest BCUT2D eigenvalue weighted by atomic mass is 10.2. The highest BCUT2D eigenvalue weighted by Crippen LogP contribution is 2.28. The van der Waals surface area contributed by atoms with Gasteiger partial charge in [-0.2, -0.15) is 9.40 Å². The van der Waals surface area contributed by atoms with Gasteiger partial charge in [-0.05, 0) is 13.3 Å². The van der Waals surface area contributed by atoms with Gasteiger partial charge in [0.15, 0.2) is 5.82 Å². The summed E-state index contributed by atoms with van der Waals surface area (Å²) in [6.07, 6.45) is 0.707. The lowest BCUT2D eigenvalue weighted by molar-refractivity contribution is 0.0314. The molecular formula is C11H20N4O3S. The average Bonchev–Trinajstić information content (AvgIpc) is 2.63. The Morgan fingerprint density at radius 3 is 2.74 bits per heavy atom. The normalized spacial score (nSPS) is 21.7. The fraction of sp³-hybridized carbons (Fsp3) is 0.727. The Bertz CT molecular complexity index is 567. The van der Waals surface area contributed by atoms with Crippen LogP contribution in [0.5, 0.6) is 0 Å². The molecule has 0 bridgehead atoms. The quantitative estimate of drug-likeness (QED) is 0.852. The summed E-state index contributed by atoms with van der Waals surface area (Å²) in [4.78, 5) is 0.121. The summed E-state index contributed by atoms with van der Waals surface area (Å²) in [5, 5.41) is 3.98. The Labute approximate surface area is 113 Å². The molecule has 1 atom stereocenters. The van der Waals surface area contributed by atoms with E-state index in [0.29, 0.717) is 31.9 Å². The molecule has 1 saturated heterocycles. The zero-order valence-electron chi connectivity index (χ0n) is 11.5. The first-order valence-electron chi connectivity index (χ1n) is 6.28. The van der Waals surface area contributed by atoms with Gasteiger partial charge in [0.05, 0.1) is 18.9 Å². The van der Waals surface area contributed by atoms with Crippen LogP contribution in [-0.4, -0.2) is 48.3 Å². The minimum absolute atomic E-state index is 0.0568. The molecule has 0 spiro atoms. The number of hydrogen-bond donors (Lipinski definition) is 1. The SMILES string of the molecule is CCC1COCCN1S(=O)(=O)c1c(N)nn(C)c1C. The van der Waals surface area contributed by atoms with Crippen LogP contribution in [0.1, 0.15) is 19.0 Å². The number of nitrogens with two attached hydrogens (primary N) is 1. The van der Waals surface area contributed by atoms with Gasteiger partial charge in [0, 0.05) is 19.6 Å². The van der Waals surface area contributed by atoms with Crippen LogP contribution >= 0.6 is 0 Å². The maximum Gasteiger partial charge on any atom is 0.249 e. The van der Waals surface area contributed by atoms with Gasteiger partial charge in [-0.15, -0.1) is 0 Å². The first kappa shape index (κ1) is 14.3. The first-order valence-corrected chi connectivity index (χ1v) is 7.72. The van der Waals surface area contributed by atoms with Crippen molar-refractivity contribution < 1.29 is 13.2 Å². The van der Waals surface area contributed by atoms with Crippen molar-refractivity contribution in [2.45, 2.75) is 31.2 Å². The van der Waals surface area contributed by atoms with E-state index in [2.05, 4.69) is 5.10 Å². The monoisotopic (exact) mass is 288 g/mol. The van der Waals surface area contributed by atoms with Crippen molar-refractivity contribution >= 4 is 15.8 Å². The zero-order chi connectivity index (χ0) is 14.2. The molecule has 0 aromatic carbocycles. The fourth-order valence-corrected chi connectivity index (χ4v) is 4.29. The Kier molecular flexibility index (Phi) is 3.84. The predicted octanol–water partition coefficient (Wildman–Crippen LogP) is 0.110. The van der Waals surface area contributed by atoms with Crippen molar-refractivity contribution in [1.29, 1.82) is 0 Å². The molecule has 1 fully saturated rings. The van der Waals surface area contributed by atoms with Crippen molar-refractivity contribution in [2.24, 2.45) is 7.05 Å². The van der Waals surface area contributed by atoms with E-state index in [1.54, 1.807) is 14.0 Å². The summed E-state index contributed by atoms with van der Waals surface area (Å²) in [5.41, 5.74) is 6.31. The number of aryl methyl sites for hydroxylation is 1. The molecule has 8 heteroatoms. The molecule has 2 N–H and O–H groups in total. The third kappa shape index (κ3) is 2.35. The topological polar surface area (TPSA) is 90.4 Å². The molecule has 2 rings (SSSR count). The van der Waals surface area contributed by atoms with Crippen molar-refractivity contribution in [3.05, 3.63) is 5.69 Å². The van der Waals surface area contributed by atoms with Crippen molar-refractivity contribution in [3.8, 4) is 0 Å². The lowest BCUT2D eigenvalue weighted by Gasteiger charge is -2.33. The number of ether oxygens (including phenoxy) is 1. The highest BCUT2D eigenvalue weighted by molar-refractivity contribution is 7.89. The molecule has 0 amide bonds. The van der Waals surface area contributed by atoms with Gasteiger partial charge in [-0.25, -0.2) is 8.42 Å². The average molecular weight is 288 g/mol. The molecule has 1 aromatic heterocycles. The summed E-state index contributed by atoms with van der Waals surface area (Å²) in [5.74, 6) is 0.0568. The molecule has 1 aliphatic heterocycles. The lowest BCUT2D eigenvalue weighted by Crippen LogP contribution is -2.48. The molecule has 1 aliphatic rings. The van der Waals surface area contributed by atoms with Crippen LogP contribution in [-0.2, 0) is 21.8 Å². The maximum absolute atomic E-state index is 12.7. The van der Waals surface area contributed by atoms with Crippen molar-refractivity contribution in [2.75, 3.05) is 25.5 Å². The third-order valence-corrected chi connectivity index (χ3v) is 5.63. The fourth-order valence-electron chi connectivity index (χ4n) is 2.33. The van der Waals surface area contributed by atoms with Crippen LogP contribution in [0.2, 0.25) is 0 Å². The van der Waals surface area contributed by atoms with E-state index in [9.17, 15) is 8.42 Å². The number of rotatable bonds is 3. The van der Waals surface area contributed by atoms with Gasteiger partial charge in [-0.1, -0.05) is 6.92 Å². The molecule has 108 valence electrons. The molecule has 0 aliphatic carbocycles. The molecular weight excluding hydrogens is 268 g/mol. The second-order valence-electron chi connectivity index (χ2n) is 4.68. The van der Waals surface area contributed by atoms with Gasteiger partial charge < -0.3 is 10.5 Å². The third-order valence-electron chi connectivity index (χ3n) is 3.52. The van der Waals surface area contributed by atoms with Gasteiger partial charge in [0.25, 0.3) is 0 Å². The van der Waals surface area contributed by atoms with Crippen LogP contribution in [0.25, 0.3) is 0 Å². The standard InChI is InChI=1S/C11H20N4O3S/c1-4-9-7-18-6-5-15(9)19(16,17)10-8(2)14(3)13-11(10)12/h9H,4-7H2,1-3H3,(H2,12,13). The number of morpholine rings is 1. The minimum atomic E-state index is -3.62. The molecule has 7 nitrogen and oxygen atoms in total. The van der Waals surface area contributed by atoms with Gasteiger partial charge in [0.2, 0.25) is 10.0 Å². The Hall–Kier alpha value is -1.12. The van der Waals surface area contributed by atoms with Gasteiger partial charge in [0.1, 0.15) is 4.90 Å². The predicted molar refractivity (Wildman–Crippen MR) is 71.1 cm³/mol. The van der Waals surface area contributed by atoms with E-state index in [4.69, 9.17) is 10.5 Å². The van der Waals surface area contributed by atoms with Crippen LogP contribution in [0.4, 0.5) is 5.82 Å². The van der Waals surface area contributed by atoms with E-state index < -0.39 is 10.0 Å². The van der Waals surface area contributed by atoms with Crippen molar-refractivity contribution in [3.63, 3.8) is 0 Å². The van der Waals surface area contributed by atoms with Crippen molar-refractivity contribution in [1.82, 2.24) is 14.1 Å². The largest absolute Gasteiger partial charge is 0.381 e. The minimum Gasteiger partial charge on any atom is -0.381 e. The molecule has 1 unspecified atom stereocenters. The summed E-state index contributed by atoms with van der Waals surface area (Å²) in [6, 6.07) is -0.141. The Morgan fingerprint density at radius 2 is 2.21 bits per heavy atom. The van der Waals surface area contributed by atoms with Crippen LogP contribution < -0.4 is 5.73 Å². The Morgan fingerprint density at radius 1 is 1.53 bits per heavy atom. The molecule has 1 aromatic rings. The number of aromatic nitrogens is 2. The van der Waals surface area contributed by atoms with Crippen LogP contribution in [0.15, 0.2) is 4.90 Å². The van der Waals surface area contributed by atoms with E-state index in [0.717, 1.165) is 0 Å². The molecule has 0 saturated carbocycles. The summed E-state index contributed by atoms with van der Waals surface area (Å²) < 4.78 is 33.8. The maximum atomic E-state index is 12.7. The van der Waals surface area contributed by atoms with E-state index in [1.165, 1.54) is 8.99 Å².